The fraction of sp³-hybridized carbons (Fsp3) is 0.381. The Labute approximate surface area is 177 Å². The molecule has 0 spiro atoms. The summed E-state index contributed by atoms with van der Waals surface area (Å²) in [6, 6.07) is 14.5. The molecule has 0 aromatic heterocycles. The van der Waals surface area contributed by atoms with Crippen LogP contribution in [0.4, 0.5) is 17.1 Å². The van der Waals surface area contributed by atoms with Gasteiger partial charge in [-0.15, -0.1) is 0 Å². The minimum Gasteiger partial charge on any atom is -0.476 e. The molecule has 1 fully saturated rings. The SMILES string of the molecule is CN1CCN(c2ccc(NC(=O)C3CN(S(C)(=O)=O)c4ccccc4O3)cc2)CC1. The largest absolute Gasteiger partial charge is 0.476 e. The van der Waals surface area contributed by atoms with Crippen LogP contribution >= 0.6 is 0 Å². The number of carbonyl (C=O) groups excluding carboxylic acids is 1. The molecular weight excluding hydrogens is 404 g/mol. The summed E-state index contributed by atoms with van der Waals surface area (Å²) in [7, 11) is -1.42. The lowest BCUT2D eigenvalue weighted by atomic mass is 10.2. The van der Waals surface area contributed by atoms with Gasteiger partial charge in [0.1, 0.15) is 5.75 Å². The molecule has 160 valence electrons. The van der Waals surface area contributed by atoms with Crippen molar-refractivity contribution in [2.24, 2.45) is 0 Å². The number of fused-ring (bicyclic) bond motifs is 1. The molecule has 1 N–H and O–H groups in total. The van der Waals surface area contributed by atoms with Crippen molar-refractivity contribution < 1.29 is 17.9 Å². The first-order valence-corrected chi connectivity index (χ1v) is 11.7. The Morgan fingerprint density at radius 3 is 2.37 bits per heavy atom. The van der Waals surface area contributed by atoms with Gasteiger partial charge in [0, 0.05) is 37.6 Å². The van der Waals surface area contributed by atoms with Crippen LogP contribution < -0.4 is 19.3 Å². The van der Waals surface area contributed by atoms with Gasteiger partial charge in [0.05, 0.1) is 18.5 Å². The fourth-order valence-electron chi connectivity index (χ4n) is 3.70. The number of ether oxygens (including phenoxy) is 1. The van der Waals surface area contributed by atoms with Crippen LogP contribution in [-0.2, 0) is 14.8 Å². The molecule has 30 heavy (non-hydrogen) atoms. The lowest BCUT2D eigenvalue weighted by molar-refractivity contribution is -0.122. The molecule has 4 rings (SSSR count). The number of benzene rings is 2. The van der Waals surface area contributed by atoms with E-state index in [1.807, 2.05) is 24.3 Å². The highest BCUT2D eigenvalue weighted by Crippen LogP contribution is 2.34. The number of amides is 1. The van der Waals surface area contributed by atoms with E-state index in [9.17, 15) is 13.2 Å². The highest BCUT2D eigenvalue weighted by atomic mass is 32.2. The van der Waals surface area contributed by atoms with E-state index in [-0.39, 0.29) is 12.5 Å². The second kappa shape index (κ2) is 8.16. The lowest BCUT2D eigenvalue weighted by Crippen LogP contribution is -2.48. The summed E-state index contributed by atoms with van der Waals surface area (Å²) in [5, 5.41) is 2.84. The number of nitrogens with zero attached hydrogens (tertiary/aromatic N) is 3. The Kier molecular flexibility index (Phi) is 5.57. The van der Waals surface area contributed by atoms with Gasteiger partial charge in [-0.1, -0.05) is 12.1 Å². The summed E-state index contributed by atoms with van der Waals surface area (Å²) in [6.07, 6.45) is 0.188. The van der Waals surface area contributed by atoms with Gasteiger partial charge in [0.15, 0.2) is 6.10 Å². The minimum absolute atomic E-state index is 0.0684. The molecule has 2 aromatic rings. The predicted molar refractivity (Wildman–Crippen MR) is 118 cm³/mol. The number of anilines is 3. The topological polar surface area (TPSA) is 82.2 Å². The number of sulfonamides is 1. The van der Waals surface area contributed by atoms with Crippen LogP contribution in [0, 0.1) is 0 Å². The highest BCUT2D eigenvalue weighted by molar-refractivity contribution is 7.92. The normalized spacial score (nSPS) is 19.7. The Morgan fingerprint density at radius 2 is 1.70 bits per heavy atom. The van der Waals surface area contributed by atoms with E-state index < -0.39 is 16.1 Å². The monoisotopic (exact) mass is 430 g/mol. The quantitative estimate of drug-likeness (QED) is 0.794. The van der Waals surface area contributed by atoms with Crippen LogP contribution in [0.5, 0.6) is 5.75 Å². The van der Waals surface area contributed by atoms with Crippen LogP contribution in [0.15, 0.2) is 48.5 Å². The van der Waals surface area contributed by atoms with E-state index in [2.05, 4.69) is 22.2 Å². The standard InChI is InChI=1S/C21H26N4O4S/c1-23-11-13-24(14-12-23)17-9-7-16(8-10-17)22-21(26)20-15-25(30(2,27)28)18-5-3-4-6-19(18)29-20/h3-10,20H,11-15H2,1-2H3,(H,22,26). The molecule has 2 aliphatic heterocycles. The Balaban J connectivity index is 1.45. The third kappa shape index (κ3) is 4.36. The Hall–Kier alpha value is -2.78. The third-order valence-electron chi connectivity index (χ3n) is 5.43. The number of rotatable bonds is 4. The maximum atomic E-state index is 12.8. The zero-order valence-electron chi connectivity index (χ0n) is 17.1. The second-order valence-corrected chi connectivity index (χ2v) is 9.60. The van der Waals surface area contributed by atoms with Crippen molar-refractivity contribution in [3.63, 3.8) is 0 Å². The maximum Gasteiger partial charge on any atom is 0.267 e. The van der Waals surface area contributed by atoms with Crippen molar-refractivity contribution in [1.82, 2.24) is 4.90 Å². The summed E-state index contributed by atoms with van der Waals surface area (Å²) < 4.78 is 31.4. The molecule has 9 heteroatoms. The van der Waals surface area contributed by atoms with E-state index in [4.69, 9.17) is 4.74 Å². The molecule has 1 saturated heterocycles. The van der Waals surface area contributed by atoms with E-state index in [1.54, 1.807) is 24.3 Å². The van der Waals surface area contributed by atoms with Gasteiger partial charge in [-0.05, 0) is 43.4 Å². The number of nitrogens with one attached hydrogen (secondary N) is 1. The molecule has 1 atom stereocenters. The van der Waals surface area contributed by atoms with Crippen LogP contribution in [0.25, 0.3) is 0 Å². The summed E-state index contributed by atoms with van der Waals surface area (Å²) in [4.78, 5) is 17.4. The second-order valence-electron chi connectivity index (χ2n) is 7.69. The molecule has 0 bridgehead atoms. The molecule has 2 aliphatic rings. The molecule has 0 radical (unpaired) electrons. The average molecular weight is 431 g/mol. The number of hydrogen-bond donors (Lipinski definition) is 1. The summed E-state index contributed by atoms with van der Waals surface area (Å²) >= 11 is 0. The van der Waals surface area contributed by atoms with E-state index in [0.717, 1.165) is 38.1 Å². The first-order chi connectivity index (χ1) is 14.3. The van der Waals surface area contributed by atoms with Crippen LogP contribution in [0.3, 0.4) is 0 Å². The van der Waals surface area contributed by atoms with Crippen LogP contribution in [0.1, 0.15) is 0 Å². The van der Waals surface area contributed by atoms with Crippen molar-refractivity contribution in [2.75, 3.05) is 60.5 Å². The summed E-state index contributed by atoms with van der Waals surface area (Å²) in [5.41, 5.74) is 2.21. The minimum atomic E-state index is -3.54. The van der Waals surface area contributed by atoms with E-state index in [0.29, 0.717) is 17.1 Å². The maximum absolute atomic E-state index is 12.8. The zero-order chi connectivity index (χ0) is 21.3. The first-order valence-electron chi connectivity index (χ1n) is 9.89. The molecule has 1 unspecified atom stereocenters. The van der Waals surface area contributed by atoms with Gasteiger partial charge in [-0.3, -0.25) is 9.10 Å². The van der Waals surface area contributed by atoms with Gasteiger partial charge in [0.25, 0.3) is 5.91 Å². The van der Waals surface area contributed by atoms with Crippen LogP contribution in [0.2, 0.25) is 0 Å². The van der Waals surface area contributed by atoms with E-state index >= 15 is 0 Å². The van der Waals surface area contributed by atoms with Crippen LogP contribution in [-0.4, -0.2) is 71.4 Å². The molecule has 0 aliphatic carbocycles. The third-order valence-corrected chi connectivity index (χ3v) is 6.58. The van der Waals surface area contributed by atoms with Gasteiger partial charge in [0.2, 0.25) is 10.0 Å². The smallest absolute Gasteiger partial charge is 0.267 e. The number of carbonyl (C=O) groups is 1. The summed E-state index contributed by atoms with van der Waals surface area (Å²) in [6.45, 7) is 3.92. The molecule has 1 amide bonds. The van der Waals surface area contributed by atoms with Crippen molar-refractivity contribution in [3.05, 3.63) is 48.5 Å². The first kappa shape index (κ1) is 20.5. The van der Waals surface area contributed by atoms with Crippen molar-refractivity contribution in [3.8, 4) is 5.75 Å². The van der Waals surface area contributed by atoms with E-state index in [1.165, 1.54) is 4.31 Å². The molecule has 0 saturated carbocycles. The lowest BCUT2D eigenvalue weighted by Gasteiger charge is -2.34. The van der Waals surface area contributed by atoms with Crippen molar-refractivity contribution >= 4 is 33.0 Å². The zero-order valence-corrected chi connectivity index (χ0v) is 17.9. The number of piperazine rings is 1. The average Bonchev–Trinajstić information content (AvgIpc) is 2.73. The molecule has 8 nitrogen and oxygen atoms in total. The Morgan fingerprint density at radius 1 is 1.03 bits per heavy atom. The predicted octanol–water partition coefficient (Wildman–Crippen LogP) is 1.60. The van der Waals surface area contributed by atoms with Crippen molar-refractivity contribution in [1.29, 1.82) is 0 Å². The van der Waals surface area contributed by atoms with Gasteiger partial charge >= 0.3 is 0 Å². The number of para-hydroxylation sites is 2. The van der Waals surface area contributed by atoms with Gasteiger partial charge in [-0.25, -0.2) is 8.42 Å². The molecular formula is C21H26N4O4S. The fourth-order valence-corrected chi connectivity index (χ4v) is 4.61. The summed E-state index contributed by atoms with van der Waals surface area (Å²) in [5.74, 6) is -0.00904. The van der Waals surface area contributed by atoms with Gasteiger partial charge in [-0.2, -0.15) is 0 Å². The number of likely N-dealkylation sites (N-methyl/N-ethyl adjacent to an activating group) is 1. The molecule has 2 aromatic carbocycles. The molecule has 2 heterocycles. The van der Waals surface area contributed by atoms with Crippen molar-refractivity contribution in [2.45, 2.75) is 6.10 Å². The highest BCUT2D eigenvalue weighted by Gasteiger charge is 2.34. The number of hydrogen-bond acceptors (Lipinski definition) is 6. The Bertz CT molecular complexity index is 1020. The van der Waals surface area contributed by atoms with Gasteiger partial charge < -0.3 is 19.9 Å².